The van der Waals surface area contributed by atoms with Crippen molar-refractivity contribution >= 4 is 0 Å². The topological polar surface area (TPSA) is 15.7 Å². The van der Waals surface area contributed by atoms with E-state index in [0.29, 0.717) is 0 Å². The van der Waals surface area contributed by atoms with E-state index < -0.39 is 0 Å². The smallest absolute Gasteiger partial charge is 0.119 e. The molecule has 0 bridgehead atoms. The first-order chi connectivity index (χ1) is 12.2. The number of hydrogen-bond donors (Lipinski definition) is 0. The van der Waals surface area contributed by atoms with Crippen LogP contribution in [0.25, 0.3) is 0 Å². The first-order valence-corrected chi connectivity index (χ1v) is 10.4. The molecule has 0 heterocycles. The quantitative estimate of drug-likeness (QED) is 0.405. The van der Waals surface area contributed by atoms with E-state index in [-0.39, 0.29) is 0 Å². The maximum atomic E-state index is 5.89. The summed E-state index contributed by atoms with van der Waals surface area (Å²) in [6.45, 7) is 16.7. The lowest BCUT2D eigenvalue weighted by molar-refractivity contribution is 0.259. The second-order valence-electron chi connectivity index (χ2n) is 6.86. The van der Waals surface area contributed by atoms with Crippen LogP contribution in [0.1, 0.15) is 65.4 Å². The van der Waals surface area contributed by atoms with Crippen LogP contribution in [0.2, 0.25) is 0 Å². The van der Waals surface area contributed by atoms with E-state index in [0.717, 1.165) is 38.4 Å². The molecule has 144 valence electrons. The zero-order valence-electron chi connectivity index (χ0n) is 17.1. The van der Waals surface area contributed by atoms with Crippen LogP contribution in [0.15, 0.2) is 24.3 Å². The molecule has 0 aliphatic heterocycles. The largest absolute Gasteiger partial charge is 0.494 e. The van der Waals surface area contributed by atoms with Crippen molar-refractivity contribution in [2.45, 2.75) is 66.3 Å². The molecule has 0 aliphatic rings. The summed E-state index contributed by atoms with van der Waals surface area (Å²) in [5.74, 6) is 1.00. The second-order valence-corrected chi connectivity index (χ2v) is 6.86. The van der Waals surface area contributed by atoms with E-state index in [2.05, 4.69) is 61.8 Å². The zero-order valence-corrected chi connectivity index (χ0v) is 17.1. The highest BCUT2D eigenvalue weighted by atomic mass is 16.5. The monoisotopic (exact) mass is 348 g/mol. The molecular formula is C22H40N2O. The highest BCUT2D eigenvalue weighted by Crippen LogP contribution is 2.14. The SMILES string of the molecule is CCCN(CCC)CCCCCOc1ccc(CN(CC)CC)cc1. The van der Waals surface area contributed by atoms with Crippen molar-refractivity contribution in [3.8, 4) is 5.75 Å². The normalized spacial score (nSPS) is 11.4. The fourth-order valence-electron chi connectivity index (χ4n) is 3.17. The Hall–Kier alpha value is -1.06. The van der Waals surface area contributed by atoms with Gasteiger partial charge in [0.1, 0.15) is 5.75 Å². The van der Waals surface area contributed by atoms with Gasteiger partial charge in [0.05, 0.1) is 6.61 Å². The third kappa shape index (κ3) is 9.86. The maximum Gasteiger partial charge on any atom is 0.119 e. The van der Waals surface area contributed by atoms with Crippen molar-refractivity contribution in [1.82, 2.24) is 9.80 Å². The summed E-state index contributed by atoms with van der Waals surface area (Å²) in [5, 5.41) is 0. The van der Waals surface area contributed by atoms with Gasteiger partial charge in [-0.1, -0.05) is 39.8 Å². The van der Waals surface area contributed by atoms with Crippen LogP contribution in [-0.4, -0.2) is 49.1 Å². The standard InChI is InChI=1S/C22H40N2O/c1-5-16-24(17-6-2)18-10-9-11-19-25-22-14-12-21(13-15-22)20-23(7-3)8-4/h12-15H,5-11,16-20H2,1-4H3. The Labute approximate surface area is 156 Å². The Morgan fingerprint density at radius 3 is 1.92 bits per heavy atom. The van der Waals surface area contributed by atoms with Gasteiger partial charge in [-0.05, 0) is 82.5 Å². The number of unbranched alkanes of at least 4 members (excludes halogenated alkanes) is 2. The van der Waals surface area contributed by atoms with Gasteiger partial charge in [0.2, 0.25) is 0 Å². The van der Waals surface area contributed by atoms with Crippen LogP contribution in [0, 0.1) is 0 Å². The predicted molar refractivity (Wildman–Crippen MR) is 109 cm³/mol. The van der Waals surface area contributed by atoms with E-state index in [9.17, 15) is 0 Å². The van der Waals surface area contributed by atoms with Crippen LogP contribution in [0.4, 0.5) is 0 Å². The van der Waals surface area contributed by atoms with Crippen LogP contribution in [-0.2, 0) is 6.54 Å². The highest BCUT2D eigenvalue weighted by Gasteiger charge is 2.03. The molecule has 1 aromatic carbocycles. The third-order valence-corrected chi connectivity index (χ3v) is 4.69. The van der Waals surface area contributed by atoms with Crippen LogP contribution < -0.4 is 4.74 Å². The van der Waals surface area contributed by atoms with Gasteiger partial charge >= 0.3 is 0 Å². The average Bonchev–Trinajstić information content (AvgIpc) is 2.64. The fraction of sp³-hybridized carbons (Fsp3) is 0.727. The summed E-state index contributed by atoms with van der Waals surface area (Å²) >= 11 is 0. The number of hydrogen-bond acceptors (Lipinski definition) is 3. The van der Waals surface area contributed by atoms with E-state index in [1.807, 2.05) is 0 Å². The minimum Gasteiger partial charge on any atom is -0.494 e. The predicted octanol–water partition coefficient (Wildman–Crippen LogP) is 5.20. The van der Waals surface area contributed by atoms with Crippen molar-refractivity contribution in [3.63, 3.8) is 0 Å². The van der Waals surface area contributed by atoms with Gasteiger partial charge in [0.15, 0.2) is 0 Å². The Kier molecular flexibility index (Phi) is 12.4. The average molecular weight is 349 g/mol. The lowest BCUT2D eigenvalue weighted by Crippen LogP contribution is -2.26. The summed E-state index contributed by atoms with van der Waals surface area (Å²) in [6.07, 6.45) is 6.20. The first kappa shape index (κ1) is 22.0. The summed E-state index contributed by atoms with van der Waals surface area (Å²) in [5.41, 5.74) is 1.36. The molecule has 1 aromatic rings. The number of nitrogens with zero attached hydrogens (tertiary/aromatic N) is 2. The molecule has 25 heavy (non-hydrogen) atoms. The van der Waals surface area contributed by atoms with E-state index in [4.69, 9.17) is 4.74 Å². The summed E-state index contributed by atoms with van der Waals surface area (Å²) in [6, 6.07) is 8.62. The molecule has 1 rings (SSSR count). The number of benzene rings is 1. The van der Waals surface area contributed by atoms with Crippen LogP contribution in [0.5, 0.6) is 5.75 Å². The van der Waals surface area contributed by atoms with Gasteiger partial charge in [-0.2, -0.15) is 0 Å². The van der Waals surface area contributed by atoms with Gasteiger partial charge in [0.25, 0.3) is 0 Å². The Morgan fingerprint density at radius 1 is 0.720 bits per heavy atom. The molecule has 0 unspecified atom stereocenters. The minimum atomic E-state index is 0.830. The molecule has 0 amide bonds. The second kappa shape index (κ2) is 14.1. The number of ether oxygens (including phenoxy) is 1. The Morgan fingerprint density at radius 2 is 1.36 bits per heavy atom. The molecular weight excluding hydrogens is 308 g/mol. The highest BCUT2D eigenvalue weighted by molar-refractivity contribution is 5.27. The van der Waals surface area contributed by atoms with E-state index >= 15 is 0 Å². The molecule has 0 radical (unpaired) electrons. The Balaban J connectivity index is 2.17. The van der Waals surface area contributed by atoms with E-state index in [1.54, 1.807) is 0 Å². The molecule has 0 aliphatic carbocycles. The van der Waals surface area contributed by atoms with Gasteiger partial charge in [-0.3, -0.25) is 4.90 Å². The van der Waals surface area contributed by atoms with E-state index in [1.165, 1.54) is 50.9 Å². The van der Waals surface area contributed by atoms with Crippen molar-refractivity contribution in [2.75, 3.05) is 39.3 Å². The molecule has 0 fully saturated rings. The lowest BCUT2D eigenvalue weighted by atomic mass is 10.2. The third-order valence-electron chi connectivity index (χ3n) is 4.69. The fourth-order valence-corrected chi connectivity index (χ4v) is 3.17. The minimum absolute atomic E-state index is 0.830. The summed E-state index contributed by atoms with van der Waals surface area (Å²) < 4.78 is 5.89. The molecule has 0 spiro atoms. The van der Waals surface area contributed by atoms with Crippen LogP contribution in [0.3, 0.4) is 0 Å². The van der Waals surface area contributed by atoms with Gasteiger partial charge in [-0.15, -0.1) is 0 Å². The van der Waals surface area contributed by atoms with Crippen molar-refractivity contribution in [1.29, 1.82) is 0 Å². The Bertz CT molecular complexity index is 409. The summed E-state index contributed by atoms with van der Waals surface area (Å²) in [4.78, 5) is 5.02. The molecule has 3 heteroatoms. The molecule has 3 nitrogen and oxygen atoms in total. The molecule has 0 aromatic heterocycles. The zero-order chi connectivity index (χ0) is 18.3. The van der Waals surface area contributed by atoms with Gasteiger partial charge in [0, 0.05) is 6.54 Å². The van der Waals surface area contributed by atoms with Gasteiger partial charge < -0.3 is 9.64 Å². The number of rotatable bonds is 15. The van der Waals surface area contributed by atoms with Gasteiger partial charge in [-0.25, -0.2) is 0 Å². The first-order valence-electron chi connectivity index (χ1n) is 10.4. The van der Waals surface area contributed by atoms with Crippen molar-refractivity contribution < 1.29 is 4.74 Å². The molecule has 0 N–H and O–H groups in total. The van der Waals surface area contributed by atoms with Crippen molar-refractivity contribution in [3.05, 3.63) is 29.8 Å². The molecule has 0 saturated heterocycles. The lowest BCUT2D eigenvalue weighted by Gasteiger charge is -2.20. The van der Waals surface area contributed by atoms with Crippen LogP contribution >= 0.6 is 0 Å². The summed E-state index contributed by atoms with van der Waals surface area (Å²) in [7, 11) is 0. The molecule has 0 atom stereocenters. The van der Waals surface area contributed by atoms with Crippen molar-refractivity contribution in [2.24, 2.45) is 0 Å². The molecule has 0 saturated carbocycles. The maximum absolute atomic E-state index is 5.89.